The van der Waals surface area contributed by atoms with Crippen LogP contribution in [0.3, 0.4) is 0 Å². The van der Waals surface area contributed by atoms with Crippen molar-refractivity contribution in [2.75, 3.05) is 31.5 Å². The molecule has 0 aliphatic carbocycles. The van der Waals surface area contributed by atoms with Gasteiger partial charge in [0.05, 0.1) is 6.10 Å². The molecule has 0 aromatic heterocycles. The minimum Gasteiger partial charge on any atom is -0.390 e. The number of halogens is 1. The molecule has 0 aliphatic rings. The molecule has 102 valence electrons. The van der Waals surface area contributed by atoms with Crippen LogP contribution in [-0.2, 0) is 0 Å². The van der Waals surface area contributed by atoms with Gasteiger partial charge >= 0.3 is 0 Å². The molecular weight excluding hydrogens is 292 g/mol. The van der Waals surface area contributed by atoms with Crippen LogP contribution < -0.4 is 5.32 Å². The van der Waals surface area contributed by atoms with Gasteiger partial charge in [0.1, 0.15) is 0 Å². The average molecular weight is 315 g/mol. The summed E-state index contributed by atoms with van der Waals surface area (Å²) in [5.74, 6) is 0. The van der Waals surface area contributed by atoms with Crippen LogP contribution in [0.2, 0.25) is 0 Å². The Kier molecular flexibility index (Phi) is 6.68. The SMILES string of the molecule is CCN(CC)CC(O)CNc1cc(Br)ccc1C. The van der Waals surface area contributed by atoms with E-state index in [0.717, 1.165) is 23.2 Å². The molecule has 0 saturated carbocycles. The lowest BCUT2D eigenvalue weighted by atomic mass is 10.2. The molecule has 1 aromatic carbocycles. The Morgan fingerprint density at radius 3 is 2.61 bits per heavy atom. The first-order chi connectivity index (χ1) is 8.56. The fourth-order valence-corrected chi connectivity index (χ4v) is 2.22. The van der Waals surface area contributed by atoms with Gasteiger partial charge in [-0.15, -0.1) is 0 Å². The third kappa shape index (κ3) is 4.96. The quantitative estimate of drug-likeness (QED) is 0.812. The first-order valence-corrected chi connectivity index (χ1v) is 7.26. The predicted molar refractivity (Wildman–Crippen MR) is 81.2 cm³/mol. The Morgan fingerprint density at radius 1 is 1.33 bits per heavy atom. The van der Waals surface area contributed by atoms with E-state index < -0.39 is 0 Å². The maximum Gasteiger partial charge on any atom is 0.0839 e. The number of hydrogen-bond donors (Lipinski definition) is 2. The van der Waals surface area contributed by atoms with Crippen molar-refractivity contribution in [3.8, 4) is 0 Å². The molecule has 0 radical (unpaired) electrons. The number of aliphatic hydroxyl groups is 1. The third-order valence-electron chi connectivity index (χ3n) is 3.09. The normalized spacial score (nSPS) is 12.8. The lowest BCUT2D eigenvalue weighted by Gasteiger charge is -2.22. The Bertz CT molecular complexity index is 367. The van der Waals surface area contributed by atoms with E-state index in [1.165, 1.54) is 5.56 Å². The monoisotopic (exact) mass is 314 g/mol. The number of hydrogen-bond acceptors (Lipinski definition) is 3. The van der Waals surface area contributed by atoms with E-state index in [-0.39, 0.29) is 6.10 Å². The molecule has 0 fully saturated rings. The van der Waals surface area contributed by atoms with Crippen LogP contribution in [0.1, 0.15) is 19.4 Å². The minimum atomic E-state index is -0.344. The zero-order valence-electron chi connectivity index (χ0n) is 11.4. The summed E-state index contributed by atoms with van der Waals surface area (Å²) in [5, 5.41) is 13.3. The summed E-state index contributed by atoms with van der Waals surface area (Å²) in [5.41, 5.74) is 2.26. The second-order valence-corrected chi connectivity index (χ2v) is 5.40. The fourth-order valence-electron chi connectivity index (χ4n) is 1.86. The Balaban J connectivity index is 2.46. The minimum absolute atomic E-state index is 0.344. The van der Waals surface area contributed by atoms with E-state index in [0.29, 0.717) is 13.1 Å². The summed E-state index contributed by atoms with van der Waals surface area (Å²) < 4.78 is 1.05. The van der Waals surface area contributed by atoms with Gasteiger partial charge in [-0.3, -0.25) is 0 Å². The van der Waals surface area contributed by atoms with E-state index in [1.807, 2.05) is 12.1 Å². The van der Waals surface area contributed by atoms with Crippen LogP contribution in [0.5, 0.6) is 0 Å². The first kappa shape index (κ1) is 15.5. The number of rotatable bonds is 7. The summed E-state index contributed by atoms with van der Waals surface area (Å²) >= 11 is 3.46. The van der Waals surface area contributed by atoms with E-state index in [9.17, 15) is 5.11 Å². The van der Waals surface area contributed by atoms with Crippen LogP contribution >= 0.6 is 15.9 Å². The summed E-state index contributed by atoms with van der Waals surface area (Å²) in [4.78, 5) is 2.22. The zero-order chi connectivity index (χ0) is 13.5. The second kappa shape index (κ2) is 7.77. The molecule has 0 aliphatic heterocycles. The molecule has 2 N–H and O–H groups in total. The number of aryl methyl sites for hydroxylation is 1. The average Bonchev–Trinajstić information content (AvgIpc) is 2.37. The topological polar surface area (TPSA) is 35.5 Å². The van der Waals surface area contributed by atoms with Gasteiger partial charge in [0.2, 0.25) is 0 Å². The molecule has 0 spiro atoms. The lowest BCUT2D eigenvalue weighted by molar-refractivity contribution is 0.128. The molecule has 0 heterocycles. The van der Waals surface area contributed by atoms with Crippen molar-refractivity contribution in [1.82, 2.24) is 4.90 Å². The van der Waals surface area contributed by atoms with Gasteiger partial charge in [0.15, 0.2) is 0 Å². The van der Waals surface area contributed by atoms with E-state index in [2.05, 4.69) is 53.0 Å². The lowest BCUT2D eigenvalue weighted by Crippen LogP contribution is -2.36. The molecular formula is C14H23BrN2O. The molecule has 1 aromatic rings. The molecule has 18 heavy (non-hydrogen) atoms. The number of benzene rings is 1. The Morgan fingerprint density at radius 2 is 2.00 bits per heavy atom. The Hall–Kier alpha value is -0.580. The van der Waals surface area contributed by atoms with Crippen LogP contribution in [0.4, 0.5) is 5.69 Å². The number of aliphatic hydroxyl groups excluding tert-OH is 1. The molecule has 0 amide bonds. The van der Waals surface area contributed by atoms with Crippen molar-refractivity contribution < 1.29 is 5.11 Å². The van der Waals surface area contributed by atoms with Crippen molar-refractivity contribution in [3.05, 3.63) is 28.2 Å². The number of nitrogens with one attached hydrogen (secondary N) is 1. The summed E-state index contributed by atoms with van der Waals surface area (Å²) in [6.07, 6.45) is -0.344. The second-order valence-electron chi connectivity index (χ2n) is 4.48. The Labute approximate surface area is 118 Å². The van der Waals surface area contributed by atoms with Crippen molar-refractivity contribution >= 4 is 21.6 Å². The molecule has 3 nitrogen and oxygen atoms in total. The molecule has 0 saturated heterocycles. The van der Waals surface area contributed by atoms with Crippen molar-refractivity contribution in [2.24, 2.45) is 0 Å². The highest BCUT2D eigenvalue weighted by molar-refractivity contribution is 9.10. The van der Waals surface area contributed by atoms with E-state index in [4.69, 9.17) is 0 Å². The van der Waals surface area contributed by atoms with E-state index >= 15 is 0 Å². The molecule has 1 atom stereocenters. The summed E-state index contributed by atoms with van der Waals surface area (Å²) in [6.45, 7) is 9.53. The predicted octanol–water partition coefficient (Wildman–Crippen LogP) is 2.87. The van der Waals surface area contributed by atoms with Gasteiger partial charge in [-0.05, 0) is 37.7 Å². The van der Waals surface area contributed by atoms with Gasteiger partial charge in [-0.1, -0.05) is 35.8 Å². The highest BCUT2D eigenvalue weighted by Gasteiger charge is 2.09. The van der Waals surface area contributed by atoms with Gasteiger partial charge < -0.3 is 15.3 Å². The number of nitrogens with zero attached hydrogens (tertiary/aromatic N) is 1. The van der Waals surface area contributed by atoms with Crippen molar-refractivity contribution in [1.29, 1.82) is 0 Å². The van der Waals surface area contributed by atoms with Gasteiger partial charge in [0.25, 0.3) is 0 Å². The van der Waals surface area contributed by atoms with Crippen LogP contribution in [0.25, 0.3) is 0 Å². The molecule has 1 rings (SSSR count). The number of anilines is 1. The van der Waals surface area contributed by atoms with Crippen molar-refractivity contribution in [3.63, 3.8) is 0 Å². The van der Waals surface area contributed by atoms with Crippen LogP contribution in [0.15, 0.2) is 22.7 Å². The third-order valence-corrected chi connectivity index (χ3v) is 3.58. The van der Waals surface area contributed by atoms with Crippen molar-refractivity contribution in [2.45, 2.75) is 26.9 Å². The largest absolute Gasteiger partial charge is 0.390 e. The highest BCUT2D eigenvalue weighted by Crippen LogP contribution is 2.20. The smallest absolute Gasteiger partial charge is 0.0839 e. The van der Waals surface area contributed by atoms with Gasteiger partial charge in [0, 0.05) is 23.2 Å². The van der Waals surface area contributed by atoms with Crippen LogP contribution in [-0.4, -0.2) is 42.3 Å². The molecule has 1 unspecified atom stereocenters. The van der Waals surface area contributed by atoms with Crippen LogP contribution in [0, 0.1) is 6.92 Å². The summed E-state index contributed by atoms with van der Waals surface area (Å²) in [7, 11) is 0. The maximum absolute atomic E-state index is 9.99. The molecule has 0 bridgehead atoms. The summed E-state index contributed by atoms with van der Waals surface area (Å²) in [6, 6.07) is 6.12. The highest BCUT2D eigenvalue weighted by atomic mass is 79.9. The van der Waals surface area contributed by atoms with Gasteiger partial charge in [-0.25, -0.2) is 0 Å². The fraction of sp³-hybridized carbons (Fsp3) is 0.571. The zero-order valence-corrected chi connectivity index (χ0v) is 13.0. The van der Waals surface area contributed by atoms with E-state index in [1.54, 1.807) is 0 Å². The maximum atomic E-state index is 9.99. The first-order valence-electron chi connectivity index (χ1n) is 6.47. The van der Waals surface area contributed by atoms with Gasteiger partial charge in [-0.2, -0.15) is 0 Å². The standard InChI is InChI=1S/C14H23BrN2O/c1-4-17(5-2)10-13(18)9-16-14-8-12(15)7-6-11(14)3/h6-8,13,16,18H,4-5,9-10H2,1-3H3. The number of likely N-dealkylation sites (N-methyl/N-ethyl adjacent to an activating group) is 1. The molecule has 4 heteroatoms.